The van der Waals surface area contributed by atoms with Gasteiger partial charge in [-0.3, -0.25) is 4.90 Å². The third-order valence-corrected chi connectivity index (χ3v) is 5.83. The van der Waals surface area contributed by atoms with Crippen molar-refractivity contribution < 1.29 is 4.79 Å². The van der Waals surface area contributed by atoms with Gasteiger partial charge in [0, 0.05) is 44.8 Å². The zero-order chi connectivity index (χ0) is 18.0. The van der Waals surface area contributed by atoms with Crippen LogP contribution in [-0.2, 0) is 20.1 Å². The predicted molar refractivity (Wildman–Crippen MR) is 100 cm³/mol. The summed E-state index contributed by atoms with van der Waals surface area (Å²) in [5.74, 6) is 0. The second-order valence-corrected chi connectivity index (χ2v) is 7.77. The molecule has 1 unspecified atom stereocenters. The van der Waals surface area contributed by atoms with E-state index in [9.17, 15) is 4.79 Å². The van der Waals surface area contributed by atoms with Gasteiger partial charge in [-0.2, -0.15) is 0 Å². The van der Waals surface area contributed by atoms with Gasteiger partial charge in [0.2, 0.25) is 0 Å². The van der Waals surface area contributed by atoms with E-state index in [4.69, 9.17) is 0 Å². The fourth-order valence-electron chi connectivity index (χ4n) is 4.28. The van der Waals surface area contributed by atoms with E-state index in [1.54, 1.807) is 12.5 Å². The predicted octanol–water partition coefficient (Wildman–Crippen LogP) is 2.23. The van der Waals surface area contributed by atoms with Gasteiger partial charge in [-0.25, -0.2) is 9.78 Å². The number of urea groups is 1. The number of carbonyl (C=O) groups excluding carboxylic acids is 1. The molecule has 2 amide bonds. The van der Waals surface area contributed by atoms with Crippen molar-refractivity contribution in [1.29, 1.82) is 0 Å². The lowest BCUT2D eigenvalue weighted by Crippen LogP contribution is -2.40. The van der Waals surface area contributed by atoms with Crippen molar-refractivity contribution >= 4 is 6.03 Å². The van der Waals surface area contributed by atoms with Crippen LogP contribution in [0.5, 0.6) is 0 Å². The highest BCUT2D eigenvalue weighted by Gasteiger charge is 2.44. The van der Waals surface area contributed by atoms with Crippen LogP contribution >= 0.6 is 0 Å². The largest absolute Gasteiger partial charge is 0.336 e. The van der Waals surface area contributed by atoms with E-state index in [1.165, 1.54) is 12.0 Å². The highest BCUT2D eigenvalue weighted by Crippen LogP contribution is 2.39. The lowest BCUT2D eigenvalue weighted by Gasteiger charge is -2.25. The number of nitrogens with zero attached hydrogens (tertiary/aromatic N) is 4. The lowest BCUT2D eigenvalue weighted by atomic mass is 9.86. The first-order valence-electron chi connectivity index (χ1n) is 9.38. The molecule has 138 valence electrons. The van der Waals surface area contributed by atoms with Crippen molar-refractivity contribution in [3.05, 3.63) is 54.1 Å². The minimum absolute atomic E-state index is 0.0459. The molecule has 6 nitrogen and oxygen atoms in total. The maximum absolute atomic E-state index is 12.5. The minimum Gasteiger partial charge on any atom is -0.336 e. The summed E-state index contributed by atoms with van der Waals surface area (Å²) in [6, 6.07) is 10.7. The second kappa shape index (κ2) is 7.11. The van der Waals surface area contributed by atoms with Crippen molar-refractivity contribution in [2.45, 2.75) is 25.9 Å². The molecule has 1 spiro atoms. The van der Waals surface area contributed by atoms with E-state index >= 15 is 0 Å². The van der Waals surface area contributed by atoms with Crippen molar-refractivity contribution in [3.8, 4) is 0 Å². The lowest BCUT2D eigenvalue weighted by molar-refractivity contribution is 0.197. The van der Waals surface area contributed by atoms with Crippen LogP contribution in [0.25, 0.3) is 0 Å². The Bertz CT molecular complexity index is 759. The van der Waals surface area contributed by atoms with Crippen LogP contribution in [-0.4, -0.2) is 51.6 Å². The summed E-state index contributed by atoms with van der Waals surface area (Å²) in [5, 5.41) is 3.04. The first-order chi connectivity index (χ1) is 12.6. The minimum atomic E-state index is 0.0459. The zero-order valence-electron chi connectivity index (χ0n) is 15.4. The van der Waals surface area contributed by atoms with Gasteiger partial charge in [-0.15, -0.1) is 0 Å². The quantitative estimate of drug-likeness (QED) is 0.917. The number of carbonyl (C=O) groups is 1. The monoisotopic (exact) mass is 353 g/mol. The first-order valence-corrected chi connectivity index (χ1v) is 9.38. The Labute approximate surface area is 154 Å². The molecule has 0 saturated carbocycles. The van der Waals surface area contributed by atoms with Crippen LogP contribution in [0.2, 0.25) is 0 Å². The summed E-state index contributed by atoms with van der Waals surface area (Å²) in [4.78, 5) is 21.1. The van der Waals surface area contributed by atoms with E-state index in [-0.39, 0.29) is 11.4 Å². The molecule has 1 N–H and O–H groups in total. The number of hydrogen-bond donors (Lipinski definition) is 1. The number of imidazole rings is 1. The third-order valence-electron chi connectivity index (χ3n) is 5.83. The smallest absolute Gasteiger partial charge is 0.317 e. The molecule has 2 aliphatic rings. The summed E-state index contributed by atoms with van der Waals surface area (Å²) >= 11 is 0. The molecule has 2 aliphatic heterocycles. The molecule has 26 heavy (non-hydrogen) atoms. The Hall–Kier alpha value is -2.34. The van der Waals surface area contributed by atoms with Crippen molar-refractivity contribution in [1.82, 2.24) is 24.7 Å². The summed E-state index contributed by atoms with van der Waals surface area (Å²) < 4.78 is 1.93. The number of nitrogens with one attached hydrogen (secondary N) is 1. The summed E-state index contributed by atoms with van der Waals surface area (Å²) in [5.41, 5.74) is 2.66. The summed E-state index contributed by atoms with van der Waals surface area (Å²) in [6.07, 6.45) is 5.85. The maximum Gasteiger partial charge on any atom is 0.317 e. The highest BCUT2D eigenvalue weighted by molar-refractivity contribution is 5.74. The van der Waals surface area contributed by atoms with Gasteiger partial charge >= 0.3 is 6.03 Å². The summed E-state index contributed by atoms with van der Waals surface area (Å²) in [6.45, 7) is 5.48. The van der Waals surface area contributed by atoms with Gasteiger partial charge in [0.15, 0.2) is 0 Å². The topological polar surface area (TPSA) is 53.4 Å². The summed E-state index contributed by atoms with van der Waals surface area (Å²) in [7, 11) is 1.94. The molecule has 1 aromatic heterocycles. The fourth-order valence-corrected chi connectivity index (χ4v) is 4.28. The van der Waals surface area contributed by atoms with Gasteiger partial charge < -0.3 is 14.8 Å². The molecule has 0 bridgehead atoms. The van der Waals surface area contributed by atoms with Gasteiger partial charge in [0.25, 0.3) is 0 Å². The number of amides is 2. The Morgan fingerprint density at radius 3 is 2.77 bits per heavy atom. The molecular formula is C20H27N5O. The van der Waals surface area contributed by atoms with E-state index in [0.29, 0.717) is 6.54 Å². The van der Waals surface area contributed by atoms with Crippen LogP contribution in [0.15, 0.2) is 42.9 Å². The molecule has 2 fully saturated rings. The Morgan fingerprint density at radius 1 is 1.19 bits per heavy atom. The molecule has 0 aliphatic carbocycles. The van der Waals surface area contributed by atoms with Crippen LogP contribution in [0, 0.1) is 5.41 Å². The maximum atomic E-state index is 12.5. The third kappa shape index (κ3) is 3.60. The average Bonchev–Trinajstić information content (AvgIpc) is 3.36. The Balaban J connectivity index is 1.29. The number of benzene rings is 1. The Morgan fingerprint density at radius 2 is 2.00 bits per heavy atom. The van der Waals surface area contributed by atoms with Crippen molar-refractivity contribution in [2.24, 2.45) is 12.5 Å². The number of hydrogen-bond acceptors (Lipinski definition) is 3. The van der Waals surface area contributed by atoms with Crippen LogP contribution in [0.3, 0.4) is 0 Å². The van der Waals surface area contributed by atoms with E-state index in [0.717, 1.165) is 44.8 Å². The van der Waals surface area contributed by atoms with Gasteiger partial charge in [-0.1, -0.05) is 30.3 Å². The number of aryl methyl sites for hydroxylation is 1. The highest BCUT2D eigenvalue weighted by atomic mass is 16.2. The second-order valence-electron chi connectivity index (χ2n) is 7.77. The molecule has 0 radical (unpaired) electrons. The SMILES string of the molecule is Cn1cncc1CNC(=O)N1CCC2(CCN(Cc3ccccc3)C2)C1. The van der Waals surface area contributed by atoms with Gasteiger partial charge in [-0.05, 0) is 24.9 Å². The first kappa shape index (κ1) is 17.1. The van der Waals surface area contributed by atoms with Gasteiger partial charge in [0.1, 0.15) is 0 Å². The fraction of sp³-hybridized carbons (Fsp3) is 0.500. The van der Waals surface area contributed by atoms with Crippen molar-refractivity contribution in [3.63, 3.8) is 0 Å². The molecule has 3 heterocycles. The zero-order valence-corrected chi connectivity index (χ0v) is 15.4. The normalized spacial score (nSPS) is 23.0. The molecule has 2 aromatic rings. The standard InChI is InChI=1S/C20H27N5O/c1-23-16-21-11-18(23)12-22-19(26)25-10-8-20(15-25)7-9-24(14-20)13-17-5-3-2-4-6-17/h2-6,11,16H,7-10,12-15H2,1H3,(H,22,26). The van der Waals surface area contributed by atoms with E-state index in [2.05, 4.69) is 45.5 Å². The van der Waals surface area contributed by atoms with Crippen LogP contribution in [0.4, 0.5) is 4.79 Å². The van der Waals surface area contributed by atoms with E-state index < -0.39 is 0 Å². The Kier molecular flexibility index (Phi) is 4.68. The number of rotatable bonds is 4. The van der Waals surface area contributed by atoms with Gasteiger partial charge in [0.05, 0.1) is 18.6 Å². The molecule has 1 atom stereocenters. The average molecular weight is 353 g/mol. The molecule has 6 heteroatoms. The van der Waals surface area contributed by atoms with Crippen molar-refractivity contribution in [2.75, 3.05) is 26.2 Å². The number of likely N-dealkylation sites (tertiary alicyclic amines) is 2. The van der Waals surface area contributed by atoms with Crippen LogP contribution < -0.4 is 5.32 Å². The van der Waals surface area contributed by atoms with E-state index in [1.807, 2.05) is 16.5 Å². The molecule has 4 rings (SSSR count). The molecular weight excluding hydrogens is 326 g/mol. The molecule has 2 saturated heterocycles. The number of aromatic nitrogens is 2. The van der Waals surface area contributed by atoms with Crippen LogP contribution in [0.1, 0.15) is 24.1 Å². The molecule has 1 aromatic carbocycles.